The molecule has 3 aliphatic rings. The molecule has 2 saturated carbocycles. The molecule has 1 saturated heterocycles. The minimum atomic E-state index is -0.247. The third kappa shape index (κ3) is 4.31. The van der Waals surface area contributed by atoms with Gasteiger partial charge in [-0.05, 0) is 62.0 Å². The number of carbonyl (C=O) groups is 2. The molecule has 2 unspecified atom stereocenters. The fraction of sp³-hybridized carbons (Fsp3) is 0.682. The van der Waals surface area contributed by atoms with Crippen molar-refractivity contribution in [3.63, 3.8) is 0 Å². The number of aromatic nitrogens is 1. The van der Waals surface area contributed by atoms with Crippen LogP contribution < -0.4 is 10.1 Å². The van der Waals surface area contributed by atoms with Crippen molar-refractivity contribution in [1.82, 2.24) is 15.2 Å². The van der Waals surface area contributed by atoms with Crippen molar-refractivity contribution in [2.75, 3.05) is 19.7 Å². The Labute approximate surface area is 167 Å². The lowest BCUT2D eigenvalue weighted by molar-refractivity contribution is -0.139. The number of amides is 2. The predicted molar refractivity (Wildman–Crippen MR) is 106 cm³/mol. The molecule has 1 aliphatic heterocycles. The summed E-state index contributed by atoms with van der Waals surface area (Å²) < 4.78 is 5.99. The molecule has 6 nitrogen and oxygen atoms in total. The van der Waals surface area contributed by atoms with Crippen molar-refractivity contribution in [2.45, 2.75) is 64.3 Å². The van der Waals surface area contributed by atoms with Crippen molar-refractivity contribution >= 4 is 11.8 Å². The van der Waals surface area contributed by atoms with Crippen LogP contribution in [0.3, 0.4) is 0 Å². The van der Waals surface area contributed by atoms with Gasteiger partial charge in [-0.15, -0.1) is 0 Å². The quantitative estimate of drug-likeness (QED) is 0.709. The molecule has 2 atom stereocenters. The summed E-state index contributed by atoms with van der Waals surface area (Å²) in [4.78, 5) is 31.9. The predicted octanol–water partition coefficient (Wildman–Crippen LogP) is 3.12. The van der Waals surface area contributed by atoms with Gasteiger partial charge in [0.1, 0.15) is 0 Å². The van der Waals surface area contributed by atoms with Gasteiger partial charge in [0.15, 0.2) is 11.4 Å². The maximum Gasteiger partial charge on any atom is 0.273 e. The van der Waals surface area contributed by atoms with Crippen LogP contribution in [-0.4, -0.2) is 47.4 Å². The van der Waals surface area contributed by atoms with Crippen molar-refractivity contribution in [2.24, 2.45) is 11.8 Å². The van der Waals surface area contributed by atoms with E-state index in [1.165, 1.54) is 25.7 Å². The summed E-state index contributed by atoms with van der Waals surface area (Å²) in [6.07, 6.45) is 8.35. The van der Waals surface area contributed by atoms with E-state index >= 15 is 0 Å². The van der Waals surface area contributed by atoms with Gasteiger partial charge in [0.2, 0.25) is 5.91 Å². The van der Waals surface area contributed by atoms with Crippen LogP contribution in [0, 0.1) is 11.8 Å². The maximum absolute atomic E-state index is 13.0. The van der Waals surface area contributed by atoms with Gasteiger partial charge < -0.3 is 15.0 Å². The molecule has 0 spiro atoms. The first-order valence-corrected chi connectivity index (χ1v) is 10.8. The van der Waals surface area contributed by atoms with Crippen LogP contribution in [-0.2, 0) is 4.79 Å². The number of ether oxygens (including phenoxy) is 1. The second-order valence-electron chi connectivity index (χ2n) is 8.60. The number of nitrogens with one attached hydrogen (secondary N) is 1. The molecule has 1 aromatic heterocycles. The fourth-order valence-electron chi connectivity index (χ4n) is 3.69. The molecular weight excluding hydrogens is 354 g/mol. The summed E-state index contributed by atoms with van der Waals surface area (Å²) >= 11 is 0. The molecule has 28 heavy (non-hydrogen) atoms. The molecule has 1 N–H and O–H groups in total. The second-order valence-corrected chi connectivity index (χ2v) is 8.60. The highest BCUT2D eigenvalue weighted by atomic mass is 16.5. The van der Waals surface area contributed by atoms with Crippen LogP contribution in [0.1, 0.15) is 74.3 Å². The molecule has 0 aromatic carbocycles. The first kappa shape index (κ1) is 19.2. The molecule has 0 bridgehead atoms. The average molecular weight is 386 g/mol. The van der Waals surface area contributed by atoms with E-state index in [0.29, 0.717) is 36.3 Å². The van der Waals surface area contributed by atoms with Crippen molar-refractivity contribution in [3.05, 3.63) is 23.5 Å². The Hall–Kier alpha value is -2.11. The van der Waals surface area contributed by atoms with E-state index in [4.69, 9.17) is 4.74 Å². The van der Waals surface area contributed by atoms with Crippen LogP contribution in [0.15, 0.2) is 12.3 Å². The average Bonchev–Trinajstić information content (AvgIpc) is 3.55. The maximum atomic E-state index is 13.0. The fourth-order valence-corrected chi connectivity index (χ4v) is 3.69. The molecule has 1 aromatic rings. The van der Waals surface area contributed by atoms with Gasteiger partial charge in [-0.3, -0.25) is 9.59 Å². The van der Waals surface area contributed by atoms with Crippen LogP contribution in [0.5, 0.6) is 5.75 Å². The molecule has 2 amide bonds. The lowest BCUT2D eigenvalue weighted by atomic mass is 9.96. The number of pyridine rings is 1. The highest BCUT2D eigenvalue weighted by Crippen LogP contribution is 2.41. The molecule has 3 fully saturated rings. The lowest BCUT2D eigenvalue weighted by Gasteiger charge is -2.35. The van der Waals surface area contributed by atoms with Crippen LogP contribution in [0.25, 0.3) is 0 Å². The van der Waals surface area contributed by atoms with Crippen molar-refractivity contribution in [3.8, 4) is 5.75 Å². The van der Waals surface area contributed by atoms with Gasteiger partial charge in [0, 0.05) is 25.3 Å². The summed E-state index contributed by atoms with van der Waals surface area (Å²) in [6, 6.07) is 1.79. The van der Waals surface area contributed by atoms with Crippen molar-refractivity contribution in [1.29, 1.82) is 0 Å². The topological polar surface area (TPSA) is 71.5 Å². The molecule has 4 rings (SSSR count). The van der Waals surface area contributed by atoms with Crippen molar-refractivity contribution < 1.29 is 14.3 Å². The molecule has 2 aliphatic carbocycles. The first-order chi connectivity index (χ1) is 13.6. The van der Waals surface area contributed by atoms with Crippen LogP contribution in [0.4, 0.5) is 0 Å². The Morgan fingerprint density at radius 1 is 1.29 bits per heavy atom. The van der Waals surface area contributed by atoms with Gasteiger partial charge in [0.05, 0.1) is 12.5 Å². The summed E-state index contributed by atoms with van der Waals surface area (Å²) in [5.41, 5.74) is 1.50. The summed E-state index contributed by atoms with van der Waals surface area (Å²) in [5.74, 6) is 1.40. The minimum Gasteiger partial charge on any atom is -0.491 e. The summed E-state index contributed by atoms with van der Waals surface area (Å²) in [6.45, 7) is 6.22. The Kier molecular flexibility index (Phi) is 5.56. The van der Waals surface area contributed by atoms with Gasteiger partial charge >= 0.3 is 0 Å². The van der Waals surface area contributed by atoms with Crippen LogP contribution in [0.2, 0.25) is 0 Å². The number of nitrogens with zero attached hydrogens (tertiary/aromatic N) is 2. The molecular formula is C22H31N3O3. The highest BCUT2D eigenvalue weighted by Gasteiger charge is 2.32. The third-order valence-electron chi connectivity index (χ3n) is 6.23. The van der Waals surface area contributed by atoms with E-state index in [2.05, 4.69) is 10.3 Å². The molecule has 152 valence electrons. The first-order valence-electron chi connectivity index (χ1n) is 10.8. The molecule has 6 heteroatoms. The zero-order valence-corrected chi connectivity index (χ0v) is 16.9. The number of carbonyl (C=O) groups excluding carboxylic acids is 2. The number of rotatable bonds is 9. The standard InChI is InChI=1S/C22H31N3O3/c1-3-18(14(2)22(27)25-9-4-10-25)24-21(26)20-19(28-13-15-5-6-15)11-17(12-23-20)16-7-8-16/h11-12,14-16,18H,3-10,13H2,1-2H3,(H,24,26). The van der Waals surface area contributed by atoms with E-state index in [1.807, 2.05) is 31.0 Å². The Morgan fingerprint density at radius 2 is 2.04 bits per heavy atom. The smallest absolute Gasteiger partial charge is 0.273 e. The number of hydrogen-bond acceptors (Lipinski definition) is 4. The Bertz CT molecular complexity index is 739. The number of likely N-dealkylation sites (tertiary alicyclic amines) is 1. The largest absolute Gasteiger partial charge is 0.491 e. The van der Waals surface area contributed by atoms with E-state index in [9.17, 15) is 9.59 Å². The summed E-state index contributed by atoms with van der Waals surface area (Å²) in [7, 11) is 0. The highest BCUT2D eigenvalue weighted by molar-refractivity contribution is 5.95. The number of hydrogen-bond donors (Lipinski definition) is 1. The Morgan fingerprint density at radius 3 is 2.61 bits per heavy atom. The zero-order chi connectivity index (χ0) is 19.7. The second kappa shape index (κ2) is 8.10. The van der Waals surface area contributed by atoms with E-state index in [0.717, 1.165) is 25.1 Å². The van der Waals surface area contributed by atoms with Gasteiger partial charge in [0.25, 0.3) is 5.91 Å². The van der Waals surface area contributed by atoms with Gasteiger partial charge in [-0.2, -0.15) is 0 Å². The monoisotopic (exact) mass is 385 g/mol. The SMILES string of the molecule is CCC(NC(=O)c1ncc(C2CC2)cc1OCC1CC1)C(C)C(=O)N1CCC1. The molecule has 0 radical (unpaired) electrons. The van der Waals surface area contributed by atoms with E-state index < -0.39 is 0 Å². The third-order valence-corrected chi connectivity index (χ3v) is 6.23. The van der Waals surface area contributed by atoms with Gasteiger partial charge in [-0.25, -0.2) is 4.98 Å². The zero-order valence-electron chi connectivity index (χ0n) is 16.9. The molecule has 2 heterocycles. The Balaban J connectivity index is 1.46. The van der Waals surface area contributed by atoms with Gasteiger partial charge in [-0.1, -0.05) is 13.8 Å². The minimum absolute atomic E-state index is 0.126. The van der Waals surface area contributed by atoms with Crippen LogP contribution >= 0.6 is 0 Å². The normalized spacial score (nSPS) is 20.9. The van der Waals surface area contributed by atoms with E-state index in [-0.39, 0.29) is 23.8 Å². The summed E-state index contributed by atoms with van der Waals surface area (Å²) in [5, 5.41) is 3.05. The lowest BCUT2D eigenvalue weighted by Crippen LogP contribution is -2.50. The van der Waals surface area contributed by atoms with E-state index in [1.54, 1.807) is 0 Å².